The summed E-state index contributed by atoms with van der Waals surface area (Å²) in [7, 11) is 0. The second kappa shape index (κ2) is 8.81. The Labute approximate surface area is 166 Å². The molecule has 0 aromatic heterocycles. The maximum absolute atomic E-state index is 13.8. The molecule has 0 radical (unpaired) electrons. The van der Waals surface area contributed by atoms with Gasteiger partial charge in [-0.15, -0.1) is 0 Å². The fourth-order valence-electron chi connectivity index (χ4n) is 3.27. The predicted molar refractivity (Wildman–Crippen MR) is 103 cm³/mol. The van der Waals surface area contributed by atoms with E-state index in [-0.39, 0.29) is 23.4 Å². The molecule has 1 aliphatic rings. The molecule has 8 heteroatoms. The van der Waals surface area contributed by atoms with Gasteiger partial charge in [0, 0.05) is 43.4 Å². The summed E-state index contributed by atoms with van der Waals surface area (Å²) in [5.41, 5.74) is 0.790. The molecule has 0 spiro atoms. The number of benzene rings is 2. The van der Waals surface area contributed by atoms with Gasteiger partial charge in [-0.25, -0.2) is 8.78 Å². The van der Waals surface area contributed by atoms with Crippen LogP contribution < -0.4 is 10.6 Å². The van der Waals surface area contributed by atoms with Gasteiger partial charge in [0.25, 0.3) is 11.8 Å². The van der Waals surface area contributed by atoms with E-state index in [2.05, 4.69) is 10.6 Å². The number of carbonyl (C=O) groups is 3. The van der Waals surface area contributed by atoms with Gasteiger partial charge in [0.2, 0.25) is 5.91 Å². The van der Waals surface area contributed by atoms with E-state index in [1.807, 2.05) is 0 Å². The van der Waals surface area contributed by atoms with E-state index in [0.717, 1.165) is 12.1 Å². The van der Waals surface area contributed by atoms with Gasteiger partial charge in [-0.1, -0.05) is 6.07 Å². The molecule has 1 fully saturated rings. The molecule has 0 atom stereocenters. The topological polar surface area (TPSA) is 78.5 Å². The summed E-state index contributed by atoms with van der Waals surface area (Å²) in [6.45, 7) is 2.10. The number of nitrogens with zero attached hydrogens (tertiary/aromatic N) is 1. The van der Waals surface area contributed by atoms with Gasteiger partial charge in [0.15, 0.2) is 0 Å². The molecule has 0 unspecified atom stereocenters. The van der Waals surface area contributed by atoms with Crippen LogP contribution in [0, 0.1) is 11.6 Å². The van der Waals surface area contributed by atoms with Gasteiger partial charge in [-0.05, 0) is 43.2 Å². The smallest absolute Gasteiger partial charge is 0.256 e. The van der Waals surface area contributed by atoms with E-state index in [1.165, 1.54) is 11.8 Å². The van der Waals surface area contributed by atoms with E-state index in [4.69, 9.17) is 0 Å². The number of hydrogen-bond donors (Lipinski definition) is 2. The summed E-state index contributed by atoms with van der Waals surface area (Å²) < 4.78 is 26.9. The van der Waals surface area contributed by atoms with Crippen LogP contribution in [0.25, 0.3) is 0 Å². The monoisotopic (exact) mass is 401 g/mol. The number of halogens is 2. The van der Waals surface area contributed by atoms with Crippen LogP contribution in [0.5, 0.6) is 0 Å². The Morgan fingerprint density at radius 3 is 2.41 bits per heavy atom. The van der Waals surface area contributed by atoms with Crippen molar-refractivity contribution in [3.05, 3.63) is 65.2 Å². The number of hydrogen-bond acceptors (Lipinski definition) is 3. The minimum atomic E-state index is -0.885. The molecule has 6 nitrogen and oxygen atoms in total. The number of anilines is 1. The summed E-state index contributed by atoms with van der Waals surface area (Å²) in [6.07, 6.45) is 1.04. The molecule has 0 aliphatic carbocycles. The lowest BCUT2D eigenvalue weighted by Crippen LogP contribution is -2.46. The maximum Gasteiger partial charge on any atom is 0.256 e. The average Bonchev–Trinajstić information content (AvgIpc) is 2.68. The highest BCUT2D eigenvalue weighted by Gasteiger charge is 2.26. The number of nitrogens with one attached hydrogen (secondary N) is 2. The van der Waals surface area contributed by atoms with Crippen molar-refractivity contribution in [3.8, 4) is 0 Å². The van der Waals surface area contributed by atoms with E-state index in [9.17, 15) is 23.2 Å². The van der Waals surface area contributed by atoms with Crippen LogP contribution in [0.2, 0.25) is 0 Å². The summed E-state index contributed by atoms with van der Waals surface area (Å²) in [5, 5.41) is 5.55. The van der Waals surface area contributed by atoms with E-state index in [0.29, 0.717) is 43.2 Å². The minimum absolute atomic E-state index is 0.131. The standard InChI is InChI=1S/C21H21F2N3O3/c1-13(27)24-17-4-2-3-14(11-17)20(28)25-16-7-9-26(10-8-16)21(29)18-6-5-15(22)12-19(18)23/h2-6,11-12,16H,7-10H2,1H3,(H,24,27)(H,25,28). The molecule has 3 amide bonds. The second-order valence-electron chi connectivity index (χ2n) is 6.93. The van der Waals surface area contributed by atoms with Crippen LogP contribution in [0.1, 0.15) is 40.5 Å². The van der Waals surface area contributed by atoms with Gasteiger partial charge in [-0.2, -0.15) is 0 Å². The van der Waals surface area contributed by atoms with Crippen molar-refractivity contribution in [3.63, 3.8) is 0 Å². The van der Waals surface area contributed by atoms with Gasteiger partial charge < -0.3 is 15.5 Å². The first kappa shape index (κ1) is 20.4. The number of carbonyl (C=O) groups excluding carboxylic acids is 3. The first-order valence-electron chi connectivity index (χ1n) is 9.26. The van der Waals surface area contributed by atoms with Crippen LogP contribution in [0.15, 0.2) is 42.5 Å². The lowest BCUT2D eigenvalue weighted by atomic mass is 10.0. The van der Waals surface area contributed by atoms with E-state index in [1.54, 1.807) is 24.3 Å². The molecule has 152 valence electrons. The van der Waals surface area contributed by atoms with Gasteiger partial charge in [0.05, 0.1) is 5.56 Å². The second-order valence-corrected chi connectivity index (χ2v) is 6.93. The molecule has 2 N–H and O–H groups in total. The van der Waals surface area contributed by atoms with Gasteiger partial charge in [0.1, 0.15) is 11.6 Å². The van der Waals surface area contributed by atoms with Crippen molar-refractivity contribution >= 4 is 23.4 Å². The Kier molecular flexibility index (Phi) is 6.21. The third kappa shape index (κ3) is 5.16. The zero-order valence-electron chi connectivity index (χ0n) is 15.9. The van der Waals surface area contributed by atoms with Crippen molar-refractivity contribution in [2.75, 3.05) is 18.4 Å². The normalized spacial score (nSPS) is 14.4. The minimum Gasteiger partial charge on any atom is -0.349 e. The Balaban J connectivity index is 1.56. The molecule has 2 aromatic carbocycles. The fourth-order valence-corrected chi connectivity index (χ4v) is 3.27. The van der Waals surface area contributed by atoms with Crippen molar-refractivity contribution < 1.29 is 23.2 Å². The average molecular weight is 401 g/mol. The van der Waals surface area contributed by atoms with E-state index >= 15 is 0 Å². The third-order valence-electron chi connectivity index (χ3n) is 4.72. The SMILES string of the molecule is CC(=O)Nc1cccc(C(=O)NC2CCN(C(=O)c3ccc(F)cc3F)CC2)c1. The summed E-state index contributed by atoms with van der Waals surface area (Å²) in [4.78, 5) is 37.6. The highest BCUT2D eigenvalue weighted by Crippen LogP contribution is 2.18. The Bertz CT molecular complexity index is 941. The van der Waals surface area contributed by atoms with Crippen molar-refractivity contribution in [2.45, 2.75) is 25.8 Å². The summed E-state index contributed by atoms with van der Waals surface area (Å²) in [5.74, 6) is -2.61. The Morgan fingerprint density at radius 2 is 1.76 bits per heavy atom. The molecule has 0 bridgehead atoms. The quantitative estimate of drug-likeness (QED) is 0.827. The Hall–Kier alpha value is -3.29. The zero-order chi connectivity index (χ0) is 21.0. The number of likely N-dealkylation sites (tertiary alicyclic amines) is 1. The molecule has 0 saturated carbocycles. The Morgan fingerprint density at radius 1 is 1.03 bits per heavy atom. The summed E-state index contributed by atoms with van der Waals surface area (Å²) >= 11 is 0. The van der Waals surface area contributed by atoms with Crippen molar-refractivity contribution in [1.82, 2.24) is 10.2 Å². The number of amides is 3. The molecule has 3 rings (SSSR count). The highest BCUT2D eigenvalue weighted by atomic mass is 19.1. The summed E-state index contributed by atoms with van der Waals surface area (Å²) in [6, 6.07) is 9.36. The first-order chi connectivity index (χ1) is 13.8. The predicted octanol–water partition coefficient (Wildman–Crippen LogP) is 2.96. The van der Waals surface area contributed by atoms with Crippen LogP contribution >= 0.6 is 0 Å². The fraction of sp³-hybridized carbons (Fsp3) is 0.286. The molecule has 2 aromatic rings. The lowest BCUT2D eigenvalue weighted by Gasteiger charge is -2.32. The first-order valence-corrected chi connectivity index (χ1v) is 9.26. The third-order valence-corrected chi connectivity index (χ3v) is 4.72. The van der Waals surface area contributed by atoms with Crippen LogP contribution in [0.4, 0.5) is 14.5 Å². The number of piperidine rings is 1. The molecule has 1 aliphatic heterocycles. The van der Waals surface area contributed by atoms with Crippen LogP contribution in [-0.4, -0.2) is 41.8 Å². The molecule has 29 heavy (non-hydrogen) atoms. The molecular formula is C21H21F2N3O3. The molecular weight excluding hydrogens is 380 g/mol. The van der Waals surface area contributed by atoms with Crippen molar-refractivity contribution in [2.24, 2.45) is 0 Å². The van der Waals surface area contributed by atoms with E-state index < -0.39 is 17.5 Å². The van der Waals surface area contributed by atoms with Gasteiger partial charge >= 0.3 is 0 Å². The zero-order valence-corrected chi connectivity index (χ0v) is 15.9. The van der Waals surface area contributed by atoms with Crippen LogP contribution in [-0.2, 0) is 4.79 Å². The largest absolute Gasteiger partial charge is 0.349 e. The highest BCUT2D eigenvalue weighted by molar-refractivity contribution is 5.97. The maximum atomic E-state index is 13.8. The van der Waals surface area contributed by atoms with Gasteiger partial charge in [-0.3, -0.25) is 14.4 Å². The molecule has 1 saturated heterocycles. The lowest BCUT2D eigenvalue weighted by molar-refractivity contribution is -0.114. The molecule has 1 heterocycles. The van der Waals surface area contributed by atoms with Crippen LogP contribution in [0.3, 0.4) is 0 Å². The van der Waals surface area contributed by atoms with Crippen molar-refractivity contribution in [1.29, 1.82) is 0 Å². The number of rotatable bonds is 4.